The number of methoxy groups -OCH3 is 1. The van der Waals surface area contributed by atoms with Gasteiger partial charge in [0.25, 0.3) is 5.56 Å². The lowest BCUT2D eigenvalue weighted by molar-refractivity contribution is 0.0600. The molecule has 0 spiro atoms. The second-order valence-electron chi connectivity index (χ2n) is 7.59. The Hall–Kier alpha value is -3.52. The third-order valence-electron chi connectivity index (χ3n) is 5.19. The van der Waals surface area contributed by atoms with Crippen LogP contribution in [0.15, 0.2) is 53.3 Å². The first-order chi connectivity index (χ1) is 16.1. The largest absolute Gasteiger partial charge is 0.494 e. The van der Waals surface area contributed by atoms with Gasteiger partial charge in [-0.2, -0.15) is 9.50 Å². The Kier molecular flexibility index (Phi) is 7.14. The Morgan fingerprint density at radius 1 is 1.06 bits per heavy atom. The lowest BCUT2D eigenvalue weighted by atomic mass is 10.1. The van der Waals surface area contributed by atoms with E-state index in [2.05, 4.69) is 17.0 Å². The van der Waals surface area contributed by atoms with E-state index >= 15 is 0 Å². The van der Waals surface area contributed by atoms with E-state index in [0.717, 1.165) is 23.3 Å². The number of hydrogen-bond acceptors (Lipinski definition) is 7. The summed E-state index contributed by atoms with van der Waals surface area (Å²) < 4.78 is 12.3. The van der Waals surface area contributed by atoms with E-state index in [1.54, 1.807) is 30.3 Å². The van der Waals surface area contributed by atoms with Crippen molar-refractivity contribution >= 4 is 28.3 Å². The summed E-state index contributed by atoms with van der Waals surface area (Å²) in [5.74, 6) is 0.918. The fourth-order valence-electron chi connectivity index (χ4n) is 3.36. The summed E-state index contributed by atoms with van der Waals surface area (Å²) >= 11 is 1.27. The molecular formula is C25H25N3O4S. The first kappa shape index (κ1) is 22.7. The quantitative estimate of drug-likeness (QED) is 0.274. The van der Waals surface area contributed by atoms with E-state index in [0.29, 0.717) is 27.5 Å². The molecule has 0 saturated carbocycles. The summed E-state index contributed by atoms with van der Waals surface area (Å²) in [7, 11) is 1.34. The van der Waals surface area contributed by atoms with Crippen molar-refractivity contribution < 1.29 is 14.3 Å². The summed E-state index contributed by atoms with van der Waals surface area (Å²) in [5.41, 5.74) is 1.86. The molecule has 4 aromatic rings. The van der Waals surface area contributed by atoms with Crippen LogP contribution in [0.4, 0.5) is 0 Å². The average Bonchev–Trinajstić information content (AvgIpc) is 3.38. The lowest BCUT2D eigenvalue weighted by Crippen LogP contribution is -2.23. The SMILES string of the molecule is CCCCCCOc1ccc(-c2nc3s/c(=C/c4ccc(C(=O)OC)cc4)c(=O)n3n2)cc1. The maximum absolute atomic E-state index is 12.8. The lowest BCUT2D eigenvalue weighted by Gasteiger charge is -2.06. The molecule has 7 nitrogen and oxygen atoms in total. The number of rotatable bonds is 9. The number of hydrogen-bond donors (Lipinski definition) is 0. The third kappa shape index (κ3) is 5.28. The molecule has 0 saturated heterocycles. The predicted molar refractivity (Wildman–Crippen MR) is 129 cm³/mol. The van der Waals surface area contributed by atoms with Crippen molar-refractivity contribution in [3.63, 3.8) is 0 Å². The normalized spacial score (nSPS) is 11.8. The molecule has 0 amide bonds. The molecule has 170 valence electrons. The smallest absolute Gasteiger partial charge is 0.337 e. The Morgan fingerprint density at radius 2 is 1.82 bits per heavy atom. The number of benzene rings is 2. The number of thiazole rings is 1. The van der Waals surface area contributed by atoms with Crippen LogP contribution in [-0.2, 0) is 4.74 Å². The van der Waals surface area contributed by atoms with E-state index in [4.69, 9.17) is 9.47 Å². The number of carbonyl (C=O) groups excluding carboxylic acids is 1. The van der Waals surface area contributed by atoms with Crippen molar-refractivity contribution in [1.29, 1.82) is 0 Å². The van der Waals surface area contributed by atoms with E-state index < -0.39 is 5.97 Å². The summed E-state index contributed by atoms with van der Waals surface area (Å²) in [4.78, 5) is 29.4. The molecule has 0 radical (unpaired) electrons. The third-order valence-corrected chi connectivity index (χ3v) is 6.15. The molecule has 0 fully saturated rings. The number of aromatic nitrogens is 3. The predicted octanol–water partition coefficient (Wildman–Crippen LogP) is 4.11. The van der Waals surface area contributed by atoms with Crippen LogP contribution in [0.25, 0.3) is 22.4 Å². The molecule has 4 rings (SSSR count). The van der Waals surface area contributed by atoms with Gasteiger partial charge in [-0.15, -0.1) is 5.10 Å². The van der Waals surface area contributed by atoms with E-state index in [-0.39, 0.29) is 5.56 Å². The number of fused-ring (bicyclic) bond motifs is 1. The Bertz CT molecular complexity index is 1340. The molecule has 0 N–H and O–H groups in total. The van der Waals surface area contributed by atoms with Gasteiger partial charge in [0.1, 0.15) is 5.75 Å². The van der Waals surface area contributed by atoms with Crippen molar-refractivity contribution in [3.8, 4) is 17.1 Å². The minimum Gasteiger partial charge on any atom is -0.494 e. The first-order valence-corrected chi connectivity index (χ1v) is 11.7. The number of nitrogens with zero attached hydrogens (tertiary/aromatic N) is 3. The molecular weight excluding hydrogens is 438 g/mol. The van der Waals surface area contributed by atoms with Crippen LogP contribution >= 0.6 is 11.3 Å². The average molecular weight is 464 g/mol. The summed E-state index contributed by atoms with van der Waals surface area (Å²) in [6.07, 6.45) is 6.43. The van der Waals surface area contributed by atoms with Crippen LogP contribution in [0.3, 0.4) is 0 Å². The maximum Gasteiger partial charge on any atom is 0.337 e. The molecule has 33 heavy (non-hydrogen) atoms. The Labute approximate surface area is 195 Å². The molecule has 8 heteroatoms. The topological polar surface area (TPSA) is 82.8 Å². The highest BCUT2D eigenvalue weighted by molar-refractivity contribution is 7.15. The summed E-state index contributed by atoms with van der Waals surface area (Å²) in [6, 6.07) is 14.5. The molecule has 2 aromatic heterocycles. The fraction of sp³-hybridized carbons (Fsp3) is 0.280. The monoisotopic (exact) mass is 463 g/mol. The summed E-state index contributed by atoms with van der Waals surface area (Å²) in [6.45, 7) is 2.90. The van der Waals surface area contributed by atoms with Crippen molar-refractivity contribution in [2.24, 2.45) is 0 Å². The first-order valence-electron chi connectivity index (χ1n) is 10.9. The van der Waals surface area contributed by atoms with Crippen molar-refractivity contribution in [1.82, 2.24) is 14.6 Å². The molecule has 0 atom stereocenters. The van der Waals surface area contributed by atoms with Gasteiger partial charge in [0.05, 0.1) is 23.8 Å². The molecule has 0 aliphatic rings. The Morgan fingerprint density at radius 3 is 2.48 bits per heavy atom. The van der Waals surface area contributed by atoms with Gasteiger partial charge in [0.2, 0.25) is 4.96 Å². The molecule has 0 aliphatic carbocycles. The summed E-state index contributed by atoms with van der Waals surface area (Å²) in [5, 5.41) is 4.40. The van der Waals surface area contributed by atoms with Crippen LogP contribution in [-0.4, -0.2) is 34.3 Å². The highest BCUT2D eigenvalue weighted by Gasteiger charge is 2.12. The van der Waals surface area contributed by atoms with Gasteiger partial charge in [0.15, 0.2) is 5.82 Å². The molecule has 2 heterocycles. The van der Waals surface area contributed by atoms with Crippen LogP contribution in [0.5, 0.6) is 5.75 Å². The van der Waals surface area contributed by atoms with Crippen molar-refractivity contribution in [2.45, 2.75) is 32.6 Å². The van der Waals surface area contributed by atoms with Crippen LogP contribution < -0.4 is 14.8 Å². The van der Waals surface area contributed by atoms with Gasteiger partial charge in [-0.3, -0.25) is 4.79 Å². The van der Waals surface area contributed by atoms with E-state index in [9.17, 15) is 9.59 Å². The van der Waals surface area contributed by atoms with Crippen molar-refractivity contribution in [2.75, 3.05) is 13.7 Å². The van der Waals surface area contributed by atoms with Crippen LogP contribution in [0.1, 0.15) is 48.5 Å². The highest BCUT2D eigenvalue weighted by atomic mass is 32.1. The van der Waals surface area contributed by atoms with Gasteiger partial charge in [-0.1, -0.05) is 49.7 Å². The second-order valence-corrected chi connectivity index (χ2v) is 8.60. The minimum atomic E-state index is -0.399. The highest BCUT2D eigenvalue weighted by Crippen LogP contribution is 2.21. The number of ether oxygens (including phenoxy) is 2. The zero-order valence-corrected chi connectivity index (χ0v) is 19.4. The minimum absolute atomic E-state index is 0.224. The molecule has 0 unspecified atom stereocenters. The van der Waals surface area contributed by atoms with Gasteiger partial charge in [-0.05, 0) is 54.5 Å². The maximum atomic E-state index is 12.8. The number of carbonyl (C=O) groups is 1. The molecule has 2 aromatic carbocycles. The number of unbranched alkanes of at least 4 members (excludes halogenated alkanes) is 3. The zero-order chi connectivity index (χ0) is 23.2. The van der Waals surface area contributed by atoms with Crippen LogP contribution in [0, 0.1) is 0 Å². The van der Waals surface area contributed by atoms with E-state index in [1.807, 2.05) is 24.3 Å². The standard InChI is InChI=1S/C25H25N3O4S/c1-3-4-5-6-15-32-20-13-11-18(12-14-20)22-26-25-28(27-22)23(29)21(33-25)16-17-7-9-19(10-8-17)24(30)31-2/h7-14,16H,3-6,15H2,1-2H3/b21-16+. The van der Waals surface area contributed by atoms with E-state index in [1.165, 1.54) is 42.2 Å². The zero-order valence-electron chi connectivity index (χ0n) is 18.6. The Balaban J connectivity index is 1.49. The van der Waals surface area contributed by atoms with Gasteiger partial charge in [-0.25, -0.2) is 4.79 Å². The van der Waals surface area contributed by atoms with Gasteiger partial charge in [0, 0.05) is 5.56 Å². The molecule has 0 aliphatic heterocycles. The second kappa shape index (κ2) is 10.4. The van der Waals surface area contributed by atoms with Crippen LogP contribution in [0.2, 0.25) is 0 Å². The number of esters is 1. The molecule has 0 bridgehead atoms. The van der Waals surface area contributed by atoms with Gasteiger partial charge >= 0.3 is 5.97 Å². The van der Waals surface area contributed by atoms with Crippen molar-refractivity contribution in [3.05, 3.63) is 74.5 Å². The van der Waals surface area contributed by atoms with Gasteiger partial charge < -0.3 is 9.47 Å². The fourth-order valence-corrected chi connectivity index (χ4v) is 4.27.